The largest absolute Gasteiger partial charge is 0.435 e. The number of fused-ring (bicyclic) bond motifs is 1. The van der Waals surface area contributed by atoms with Crippen LogP contribution in [0.25, 0.3) is 22.7 Å². The van der Waals surface area contributed by atoms with Gasteiger partial charge in [0.05, 0.1) is 22.5 Å². The number of aromatic nitrogens is 5. The third-order valence-electron chi connectivity index (χ3n) is 4.79. The van der Waals surface area contributed by atoms with Crippen molar-refractivity contribution in [2.75, 3.05) is 17.7 Å². The van der Waals surface area contributed by atoms with Gasteiger partial charge in [0.25, 0.3) is 0 Å². The van der Waals surface area contributed by atoms with Crippen LogP contribution in [0.15, 0.2) is 23.2 Å². The first-order valence-electron chi connectivity index (χ1n) is 9.39. The number of halogens is 6. The molecule has 0 bridgehead atoms. The second-order valence-corrected chi connectivity index (χ2v) is 9.37. The molecule has 3 heterocycles. The molecule has 0 radical (unpaired) electrons. The Morgan fingerprint density at radius 1 is 1.12 bits per heavy atom. The molecule has 0 aromatic carbocycles. The highest BCUT2D eigenvalue weighted by Crippen LogP contribution is 2.33. The molecule has 3 aromatic heterocycles. The number of imidazole rings is 1. The van der Waals surface area contributed by atoms with E-state index in [2.05, 4.69) is 20.2 Å². The molecule has 3 aromatic rings. The van der Waals surface area contributed by atoms with Crippen molar-refractivity contribution >= 4 is 32.6 Å². The fourth-order valence-corrected chi connectivity index (χ4v) is 4.00. The second kappa shape index (κ2) is 8.48. The van der Waals surface area contributed by atoms with Crippen LogP contribution in [0.5, 0.6) is 0 Å². The Bertz CT molecular complexity index is 1370. The summed E-state index contributed by atoms with van der Waals surface area (Å²) in [4.78, 5) is 20.1. The maximum atomic E-state index is 13.0. The van der Waals surface area contributed by atoms with Crippen LogP contribution in [0.3, 0.4) is 0 Å². The SMILES string of the molecule is CCS(=O)(=O)c1cc(N(C)C(=O)CC(F)(F)F)cnc1-c1nc2cc(C(F)(F)F)nnc2n1C. The van der Waals surface area contributed by atoms with E-state index in [0.29, 0.717) is 11.0 Å². The Morgan fingerprint density at radius 3 is 2.32 bits per heavy atom. The molecule has 0 N–H and O–H groups in total. The maximum absolute atomic E-state index is 13.0. The van der Waals surface area contributed by atoms with Crippen molar-refractivity contribution < 1.29 is 39.6 Å². The van der Waals surface area contributed by atoms with Gasteiger partial charge in [-0.15, -0.1) is 10.2 Å². The molecule has 0 saturated carbocycles. The summed E-state index contributed by atoms with van der Waals surface area (Å²) in [7, 11) is -1.70. The third kappa shape index (κ3) is 4.95. The third-order valence-corrected chi connectivity index (χ3v) is 6.53. The van der Waals surface area contributed by atoms with Gasteiger partial charge in [0.1, 0.15) is 17.6 Å². The van der Waals surface area contributed by atoms with Crippen LogP contribution >= 0.6 is 0 Å². The van der Waals surface area contributed by atoms with E-state index in [-0.39, 0.29) is 28.4 Å². The first-order chi connectivity index (χ1) is 15.5. The Morgan fingerprint density at radius 2 is 1.76 bits per heavy atom. The monoisotopic (exact) mass is 510 g/mol. The molecule has 0 unspecified atom stereocenters. The van der Waals surface area contributed by atoms with E-state index in [1.54, 1.807) is 0 Å². The molecule has 9 nitrogen and oxygen atoms in total. The van der Waals surface area contributed by atoms with Gasteiger partial charge in [-0.1, -0.05) is 6.92 Å². The van der Waals surface area contributed by atoms with Crippen molar-refractivity contribution in [2.24, 2.45) is 7.05 Å². The van der Waals surface area contributed by atoms with Gasteiger partial charge in [-0.25, -0.2) is 18.4 Å². The highest BCUT2D eigenvalue weighted by Gasteiger charge is 2.35. The zero-order valence-corrected chi connectivity index (χ0v) is 18.5. The number of carbonyl (C=O) groups is 1. The minimum absolute atomic E-state index is 0.0915. The summed E-state index contributed by atoms with van der Waals surface area (Å²) < 4.78 is 103. The Balaban J connectivity index is 2.18. The van der Waals surface area contributed by atoms with Gasteiger partial charge in [0.15, 0.2) is 27.0 Å². The summed E-state index contributed by atoms with van der Waals surface area (Å²) in [6.07, 6.45) is -10.4. The van der Waals surface area contributed by atoms with Crippen molar-refractivity contribution in [3.05, 3.63) is 24.0 Å². The van der Waals surface area contributed by atoms with Gasteiger partial charge in [0.2, 0.25) is 5.91 Å². The molecule has 0 fully saturated rings. The van der Waals surface area contributed by atoms with Gasteiger partial charge in [-0.05, 0) is 6.07 Å². The van der Waals surface area contributed by atoms with Gasteiger partial charge in [0, 0.05) is 20.2 Å². The summed E-state index contributed by atoms with van der Waals surface area (Å²) in [5.74, 6) is -1.96. The molecule has 0 atom stereocenters. The molecule has 16 heteroatoms. The van der Waals surface area contributed by atoms with Gasteiger partial charge < -0.3 is 9.47 Å². The number of rotatable bonds is 5. The van der Waals surface area contributed by atoms with Crippen molar-refractivity contribution in [3.8, 4) is 11.5 Å². The van der Waals surface area contributed by atoms with Crippen molar-refractivity contribution in [1.29, 1.82) is 0 Å². The Kier molecular flexibility index (Phi) is 6.32. The number of anilines is 1. The van der Waals surface area contributed by atoms with Crippen LogP contribution in [0.1, 0.15) is 19.0 Å². The summed E-state index contributed by atoms with van der Waals surface area (Å²) in [6, 6.07) is 1.60. The lowest BCUT2D eigenvalue weighted by Gasteiger charge is -2.19. The van der Waals surface area contributed by atoms with E-state index in [1.807, 2.05) is 0 Å². The van der Waals surface area contributed by atoms with Crippen molar-refractivity contribution in [2.45, 2.75) is 30.6 Å². The quantitative estimate of drug-likeness (QED) is 0.485. The van der Waals surface area contributed by atoms with Crippen LogP contribution in [0.4, 0.5) is 32.0 Å². The standard InChI is InChI=1S/C18H16F6N6O3S/c1-4-34(32,33)11-5-9(29(2)13(31)7-17(19,20)21)8-25-14(11)16-26-10-6-12(18(22,23)24)27-28-15(10)30(16)3/h5-6,8H,4,7H2,1-3H3. The molecule has 0 aliphatic carbocycles. The maximum Gasteiger partial charge on any atom is 0.435 e. The number of aryl methyl sites for hydroxylation is 1. The van der Waals surface area contributed by atoms with E-state index < -0.39 is 50.9 Å². The summed E-state index contributed by atoms with van der Waals surface area (Å²) >= 11 is 0. The van der Waals surface area contributed by atoms with Crippen LogP contribution in [-0.4, -0.2) is 58.0 Å². The van der Waals surface area contributed by atoms with Crippen LogP contribution in [-0.2, 0) is 27.9 Å². The number of hydrogen-bond donors (Lipinski definition) is 0. The number of pyridine rings is 1. The molecule has 184 valence electrons. The number of sulfone groups is 1. The number of carbonyl (C=O) groups excluding carboxylic acids is 1. The molecule has 34 heavy (non-hydrogen) atoms. The highest BCUT2D eigenvalue weighted by atomic mass is 32.2. The highest BCUT2D eigenvalue weighted by molar-refractivity contribution is 7.91. The molecule has 0 aliphatic heterocycles. The average Bonchev–Trinajstić information content (AvgIpc) is 3.06. The predicted octanol–water partition coefficient (Wildman–Crippen LogP) is 3.15. The van der Waals surface area contributed by atoms with E-state index in [4.69, 9.17) is 0 Å². The Labute approximate surface area is 188 Å². The predicted molar refractivity (Wildman–Crippen MR) is 106 cm³/mol. The second-order valence-electron chi connectivity index (χ2n) is 7.12. The minimum atomic E-state index is -4.79. The Hall–Kier alpha value is -3.30. The average molecular weight is 510 g/mol. The van der Waals surface area contributed by atoms with Gasteiger partial charge in [-0.2, -0.15) is 26.3 Å². The summed E-state index contributed by atoms with van der Waals surface area (Å²) in [6.45, 7) is 1.31. The number of alkyl halides is 6. The minimum Gasteiger partial charge on any atom is -0.314 e. The lowest BCUT2D eigenvalue weighted by atomic mass is 10.2. The van der Waals surface area contributed by atoms with Gasteiger partial charge in [-0.3, -0.25) is 4.79 Å². The molecular weight excluding hydrogens is 494 g/mol. The molecule has 0 aliphatic rings. The van der Waals surface area contributed by atoms with E-state index in [0.717, 1.165) is 19.3 Å². The summed E-state index contributed by atoms with van der Waals surface area (Å²) in [5, 5.41) is 6.61. The van der Waals surface area contributed by atoms with Crippen molar-refractivity contribution in [1.82, 2.24) is 24.7 Å². The smallest absolute Gasteiger partial charge is 0.314 e. The molecule has 0 saturated heterocycles. The van der Waals surface area contributed by atoms with E-state index in [9.17, 15) is 39.6 Å². The normalized spacial score (nSPS) is 12.9. The zero-order chi connectivity index (χ0) is 25.6. The molecule has 1 amide bonds. The number of nitrogens with zero attached hydrogens (tertiary/aromatic N) is 6. The van der Waals surface area contributed by atoms with Crippen molar-refractivity contribution in [3.63, 3.8) is 0 Å². The topological polar surface area (TPSA) is 111 Å². The van der Waals surface area contributed by atoms with Crippen LogP contribution in [0, 0.1) is 0 Å². The molecule has 3 rings (SSSR count). The number of amides is 1. The summed E-state index contributed by atoms with van der Waals surface area (Å²) in [5.41, 5.74) is -2.15. The first kappa shape index (κ1) is 25.3. The van der Waals surface area contributed by atoms with E-state index in [1.165, 1.54) is 18.5 Å². The van der Waals surface area contributed by atoms with E-state index >= 15 is 0 Å². The lowest BCUT2D eigenvalue weighted by Crippen LogP contribution is -2.31. The van der Waals surface area contributed by atoms with Crippen LogP contribution in [0.2, 0.25) is 0 Å². The molecule has 0 spiro atoms. The first-order valence-corrected chi connectivity index (χ1v) is 11.0. The molecular formula is C18H16F6N6O3S. The fraction of sp³-hybridized carbons (Fsp3) is 0.389. The lowest BCUT2D eigenvalue weighted by molar-refractivity contribution is -0.151. The van der Waals surface area contributed by atoms with Gasteiger partial charge >= 0.3 is 12.4 Å². The van der Waals surface area contributed by atoms with Crippen LogP contribution < -0.4 is 4.90 Å². The fourth-order valence-electron chi connectivity index (χ4n) is 2.95. The zero-order valence-electron chi connectivity index (χ0n) is 17.7. The number of hydrogen-bond acceptors (Lipinski definition) is 7.